The number of ether oxygens (including phenoxy) is 1. The van der Waals surface area contributed by atoms with Gasteiger partial charge in [0.05, 0.1) is 12.6 Å². The summed E-state index contributed by atoms with van der Waals surface area (Å²) < 4.78 is 5.49. The third-order valence-corrected chi connectivity index (χ3v) is 4.94. The zero-order chi connectivity index (χ0) is 19.2. The van der Waals surface area contributed by atoms with E-state index in [1.165, 1.54) is 13.0 Å². The molecule has 2 aliphatic heterocycles. The number of fused-ring (bicyclic) bond motifs is 1. The van der Waals surface area contributed by atoms with Crippen LogP contribution in [-0.4, -0.2) is 90.8 Å². The van der Waals surface area contributed by atoms with Crippen molar-refractivity contribution < 1.29 is 9.53 Å². The number of hydrogen-bond donors (Lipinski definition) is 1. The molecule has 0 spiro atoms. The average Bonchev–Trinajstić information content (AvgIpc) is 2.99. The van der Waals surface area contributed by atoms with Crippen molar-refractivity contribution in [3.05, 3.63) is 0 Å². The standard InChI is InChI=1S/C19H37N5O2.HI/c1-6-22(7-2)11-9-8-10-20-17-21-14-16-15-23(12-13-24(16)17)18(25)26-19(3,4)5;/h16H,6-15H2,1-5H3,(H,20,21);1H. The Morgan fingerprint density at radius 2 is 1.96 bits per heavy atom. The second-order valence-electron chi connectivity index (χ2n) is 8.10. The summed E-state index contributed by atoms with van der Waals surface area (Å²) >= 11 is 0. The van der Waals surface area contributed by atoms with Crippen LogP contribution in [0.3, 0.4) is 0 Å². The van der Waals surface area contributed by atoms with Gasteiger partial charge < -0.3 is 24.8 Å². The molecule has 0 aromatic carbocycles. The molecule has 1 unspecified atom stereocenters. The molecule has 0 bridgehead atoms. The highest BCUT2D eigenvalue weighted by molar-refractivity contribution is 14.0. The molecule has 158 valence electrons. The zero-order valence-corrected chi connectivity index (χ0v) is 20.0. The number of amides is 1. The highest BCUT2D eigenvalue weighted by atomic mass is 127. The van der Waals surface area contributed by atoms with Gasteiger partial charge in [0.25, 0.3) is 0 Å². The summed E-state index contributed by atoms with van der Waals surface area (Å²) in [5, 5.41) is 3.50. The second kappa shape index (κ2) is 11.3. The van der Waals surface area contributed by atoms with Crippen molar-refractivity contribution in [2.75, 3.05) is 52.4 Å². The van der Waals surface area contributed by atoms with Gasteiger partial charge in [-0.3, -0.25) is 4.99 Å². The monoisotopic (exact) mass is 495 g/mol. The van der Waals surface area contributed by atoms with E-state index in [0.29, 0.717) is 13.1 Å². The largest absolute Gasteiger partial charge is 0.444 e. The Kier molecular flexibility index (Phi) is 10.1. The molecule has 0 radical (unpaired) electrons. The first kappa shape index (κ1) is 24.3. The quantitative estimate of drug-likeness (QED) is 0.435. The maximum atomic E-state index is 12.3. The van der Waals surface area contributed by atoms with E-state index in [-0.39, 0.29) is 36.1 Å². The molecule has 0 aromatic rings. The highest BCUT2D eigenvalue weighted by Crippen LogP contribution is 2.18. The van der Waals surface area contributed by atoms with Crippen molar-refractivity contribution >= 4 is 36.0 Å². The van der Waals surface area contributed by atoms with Crippen LogP contribution in [0.1, 0.15) is 47.5 Å². The van der Waals surface area contributed by atoms with E-state index in [1.54, 1.807) is 0 Å². The Balaban J connectivity index is 0.00000364. The van der Waals surface area contributed by atoms with Crippen LogP contribution in [0.2, 0.25) is 0 Å². The van der Waals surface area contributed by atoms with Gasteiger partial charge in [0.1, 0.15) is 5.60 Å². The van der Waals surface area contributed by atoms with E-state index < -0.39 is 5.60 Å². The first-order valence-electron chi connectivity index (χ1n) is 10.1. The summed E-state index contributed by atoms with van der Waals surface area (Å²) in [4.78, 5) is 23.5. The number of guanidine groups is 1. The molecule has 0 aromatic heterocycles. The molecular formula is C19H38IN5O2. The average molecular weight is 495 g/mol. The molecule has 1 atom stereocenters. The van der Waals surface area contributed by atoms with E-state index in [9.17, 15) is 4.79 Å². The fraction of sp³-hybridized carbons (Fsp3) is 0.895. The van der Waals surface area contributed by atoms with Crippen molar-refractivity contribution in [1.82, 2.24) is 20.0 Å². The first-order valence-corrected chi connectivity index (χ1v) is 10.1. The number of halogens is 1. The van der Waals surface area contributed by atoms with Crippen LogP contribution in [-0.2, 0) is 4.74 Å². The van der Waals surface area contributed by atoms with Crippen LogP contribution in [0.15, 0.2) is 4.99 Å². The summed E-state index contributed by atoms with van der Waals surface area (Å²) in [6, 6.07) is 0.273. The number of rotatable bonds is 7. The van der Waals surface area contributed by atoms with E-state index in [4.69, 9.17) is 4.74 Å². The van der Waals surface area contributed by atoms with Gasteiger partial charge >= 0.3 is 6.09 Å². The molecule has 0 aliphatic carbocycles. The molecule has 0 saturated carbocycles. The molecule has 27 heavy (non-hydrogen) atoms. The number of nitrogens with one attached hydrogen (secondary N) is 1. The lowest BCUT2D eigenvalue weighted by Gasteiger charge is -2.39. The van der Waals surface area contributed by atoms with E-state index in [1.807, 2.05) is 25.7 Å². The van der Waals surface area contributed by atoms with Gasteiger partial charge in [0.2, 0.25) is 0 Å². The van der Waals surface area contributed by atoms with E-state index in [2.05, 4.69) is 34.0 Å². The first-order chi connectivity index (χ1) is 12.3. The van der Waals surface area contributed by atoms with Gasteiger partial charge in [-0.1, -0.05) is 13.8 Å². The van der Waals surface area contributed by atoms with Crippen molar-refractivity contribution in [3.63, 3.8) is 0 Å². The van der Waals surface area contributed by atoms with Crippen molar-refractivity contribution in [1.29, 1.82) is 0 Å². The third kappa shape index (κ3) is 7.63. The lowest BCUT2D eigenvalue weighted by Crippen LogP contribution is -2.57. The Bertz CT molecular complexity index is 491. The minimum atomic E-state index is -0.446. The van der Waals surface area contributed by atoms with Crippen LogP contribution in [0, 0.1) is 0 Å². The molecule has 1 amide bonds. The number of hydrogen-bond acceptors (Lipinski definition) is 6. The van der Waals surface area contributed by atoms with Crippen LogP contribution < -0.4 is 5.32 Å². The SMILES string of the molecule is CCN(CC)CCCCNC1=NCC2CN(C(=O)OC(C)(C)C)CCN12.I. The van der Waals surface area contributed by atoms with Crippen LogP contribution in [0.5, 0.6) is 0 Å². The minimum absolute atomic E-state index is 0. The second-order valence-corrected chi connectivity index (χ2v) is 8.10. The van der Waals surface area contributed by atoms with Crippen molar-refractivity contribution in [2.24, 2.45) is 4.99 Å². The topological polar surface area (TPSA) is 60.4 Å². The molecule has 1 saturated heterocycles. The predicted molar refractivity (Wildman–Crippen MR) is 121 cm³/mol. The summed E-state index contributed by atoms with van der Waals surface area (Å²) in [5.74, 6) is 1.00. The third-order valence-electron chi connectivity index (χ3n) is 4.94. The number of carbonyl (C=O) groups excluding carboxylic acids is 1. The van der Waals surface area contributed by atoms with Gasteiger partial charge in [0.15, 0.2) is 5.96 Å². The maximum Gasteiger partial charge on any atom is 0.410 e. The molecule has 7 nitrogen and oxygen atoms in total. The maximum absolute atomic E-state index is 12.3. The summed E-state index contributed by atoms with van der Waals surface area (Å²) in [6.45, 7) is 17.5. The number of nitrogens with zero attached hydrogens (tertiary/aromatic N) is 4. The van der Waals surface area contributed by atoms with Crippen LogP contribution >= 0.6 is 24.0 Å². The highest BCUT2D eigenvalue weighted by Gasteiger charge is 2.36. The lowest BCUT2D eigenvalue weighted by molar-refractivity contribution is 0.0137. The summed E-state index contributed by atoms with van der Waals surface area (Å²) in [5.41, 5.74) is -0.446. The van der Waals surface area contributed by atoms with Gasteiger partial charge in [-0.2, -0.15) is 0 Å². The number of piperazine rings is 1. The predicted octanol–water partition coefficient (Wildman–Crippen LogP) is 2.61. The van der Waals surface area contributed by atoms with Gasteiger partial charge in [-0.05, 0) is 53.2 Å². The Hall–Kier alpha value is -0.770. The fourth-order valence-corrected chi connectivity index (χ4v) is 3.42. The molecule has 1 N–H and O–H groups in total. The van der Waals surface area contributed by atoms with Gasteiger partial charge in [-0.15, -0.1) is 24.0 Å². The van der Waals surface area contributed by atoms with Crippen LogP contribution in [0.25, 0.3) is 0 Å². The fourth-order valence-electron chi connectivity index (χ4n) is 3.42. The zero-order valence-electron chi connectivity index (χ0n) is 17.7. The normalized spacial score (nSPS) is 19.5. The number of unbranched alkanes of at least 4 members (excludes halogenated alkanes) is 1. The van der Waals surface area contributed by atoms with Crippen LogP contribution in [0.4, 0.5) is 4.79 Å². The van der Waals surface area contributed by atoms with Gasteiger partial charge in [-0.25, -0.2) is 4.79 Å². The lowest BCUT2D eigenvalue weighted by atomic mass is 10.2. The molecule has 8 heteroatoms. The van der Waals surface area contributed by atoms with E-state index >= 15 is 0 Å². The molecule has 2 rings (SSSR count). The summed E-state index contributed by atoms with van der Waals surface area (Å²) in [6.07, 6.45) is 2.14. The van der Waals surface area contributed by atoms with Crippen molar-refractivity contribution in [3.8, 4) is 0 Å². The molecule has 2 aliphatic rings. The van der Waals surface area contributed by atoms with Crippen molar-refractivity contribution in [2.45, 2.75) is 59.1 Å². The Morgan fingerprint density at radius 1 is 1.26 bits per heavy atom. The molecule has 1 fully saturated rings. The molecule has 2 heterocycles. The number of aliphatic imine (C=N–C) groups is 1. The Morgan fingerprint density at radius 3 is 2.59 bits per heavy atom. The van der Waals surface area contributed by atoms with Gasteiger partial charge in [0, 0.05) is 26.2 Å². The number of carbonyl (C=O) groups is 1. The van der Waals surface area contributed by atoms with E-state index in [0.717, 1.165) is 45.1 Å². The molecular weight excluding hydrogens is 457 g/mol. The summed E-state index contributed by atoms with van der Waals surface area (Å²) in [7, 11) is 0. The Labute approximate surface area is 181 Å². The smallest absolute Gasteiger partial charge is 0.410 e. The minimum Gasteiger partial charge on any atom is -0.444 e.